The lowest BCUT2D eigenvalue weighted by Crippen LogP contribution is -2.53. The van der Waals surface area contributed by atoms with Gasteiger partial charge in [0.05, 0.1) is 19.9 Å². The molecule has 1 N–H and O–H groups in total. The van der Waals surface area contributed by atoms with E-state index in [1.165, 1.54) is 28.3 Å². The van der Waals surface area contributed by atoms with Gasteiger partial charge in [0.25, 0.3) is 0 Å². The van der Waals surface area contributed by atoms with Crippen molar-refractivity contribution in [1.82, 2.24) is 13.7 Å². The van der Waals surface area contributed by atoms with E-state index in [-0.39, 0.29) is 0 Å². The van der Waals surface area contributed by atoms with Crippen LogP contribution in [-0.2, 0) is 25.4 Å². The van der Waals surface area contributed by atoms with Crippen molar-refractivity contribution in [2.75, 3.05) is 19.5 Å². The van der Waals surface area contributed by atoms with Crippen LogP contribution in [-0.4, -0.2) is 33.8 Å². The smallest absolute Gasteiger partial charge is 0.336 e. The van der Waals surface area contributed by atoms with Crippen molar-refractivity contribution in [3.63, 3.8) is 0 Å². The van der Waals surface area contributed by atoms with Crippen molar-refractivity contribution in [2.24, 2.45) is 14.1 Å². The number of benzene rings is 1. The van der Waals surface area contributed by atoms with Gasteiger partial charge in [-0.2, -0.15) is 0 Å². The van der Waals surface area contributed by atoms with Gasteiger partial charge in [0.2, 0.25) is 5.91 Å². The summed E-state index contributed by atoms with van der Waals surface area (Å²) in [5.74, 6) is 0.241. The van der Waals surface area contributed by atoms with Gasteiger partial charge in [-0.05, 0) is 12.1 Å². The molecule has 2 aromatic rings. The maximum Gasteiger partial charge on any atom is 0.336 e. The first-order valence-electron chi connectivity index (χ1n) is 7.19. The van der Waals surface area contributed by atoms with Crippen LogP contribution in [0.3, 0.4) is 0 Å². The summed E-state index contributed by atoms with van der Waals surface area (Å²) >= 11 is 0. The summed E-state index contributed by atoms with van der Waals surface area (Å²) in [6, 6.07) is 4.80. The quantitative estimate of drug-likeness (QED) is 0.732. The van der Waals surface area contributed by atoms with Crippen LogP contribution in [0.1, 0.15) is 0 Å². The Balaban J connectivity index is 2.35. The maximum atomic E-state index is 12.3. The number of aromatic nitrogens is 3. The van der Waals surface area contributed by atoms with Gasteiger partial charge in [-0.3, -0.25) is 4.79 Å². The largest absolute Gasteiger partial charge is 0.497 e. The van der Waals surface area contributed by atoms with Gasteiger partial charge in [0.1, 0.15) is 18.0 Å². The topological polar surface area (TPSA) is 114 Å². The molecule has 0 fully saturated rings. The number of rotatable bonds is 5. The van der Waals surface area contributed by atoms with E-state index in [0.717, 1.165) is 9.13 Å². The van der Waals surface area contributed by atoms with Crippen molar-refractivity contribution in [1.29, 1.82) is 0 Å². The van der Waals surface area contributed by atoms with Crippen LogP contribution >= 0.6 is 0 Å². The number of hydrogen-bond acceptors (Lipinski definition) is 6. The summed E-state index contributed by atoms with van der Waals surface area (Å²) in [5, 5.41) is 2.55. The molecule has 1 aromatic heterocycles. The molecule has 134 valence electrons. The normalized spacial score (nSPS) is 10.4. The number of nitrogens with one attached hydrogen (secondary N) is 1. The molecular weight excluding hydrogens is 332 g/mol. The van der Waals surface area contributed by atoms with Gasteiger partial charge in [-0.1, -0.05) is 0 Å². The molecule has 0 unspecified atom stereocenters. The van der Waals surface area contributed by atoms with Crippen molar-refractivity contribution in [2.45, 2.75) is 6.54 Å². The Bertz CT molecular complexity index is 945. The summed E-state index contributed by atoms with van der Waals surface area (Å²) in [6.07, 6.45) is 0. The van der Waals surface area contributed by atoms with Crippen LogP contribution in [0.2, 0.25) is 0 Å². The Morgan fingerprint density at radius 1 is 1.00 bits per heavy atom. The number of carbonyl (C=O) groups is 1. The molecule has 1 aromatic carbocycles. The molecule has 0 atom stereocenters. The van der Waals surface area contributed by atoms with E-state index in [9.17, 15) is 19.2 Å². The van der Waals surface area contributed by atoms with Crippen molar-refractivity contribution in [3.05, 3.63) is 49.7 Å². The summed E-state index contributed by atoms with van der Waals surface area (Å²) < 4.78 is 12.4. The monoisotopic (exact) mass is 350 g/mol. The molecule has 0 aliphatic rings. The van der Waals surface area contributed by atoms with Crippen molar-refractivity contribution >= 4 is 11.6 Å². The Kier molecular flexibility index (Phi) is 5.11. The fourth-order valence-electron chi connectivity index (χ4n) is 2.21. The Hall–Kier alpha value is -3.30. The zero-order chi connectivity index (χ0) is 18.7. The number of ether oxygens (including phenoxy) is 2. The number of methoxy groups -OCH3 is 2. The SMILES string of the molecule is COc1ccc(OC)c(NC(=O)Cn2c(=O)n(C)c(=O)n(C)c2=O)c1. The summed E-state index contributed by atoms with van der Waals surface area (Å²) in [5.41, 5.74) is -2.19. The van der Waals surface area contributed by atoms with Gasteiger partial charge >= 0.3 is 17.1 Å². The molecular formula is C15H18N4O6. The van der Waals surface area contributed by atoms with Crippen molar-refractivity contribution < 1.29 is 14.3 Å². The molecule has 1 amide bonds. The minimum atomic E-state index is -0.874. The minimum Gasteiger partial charge on any atom is -0.497 e. The van der Waals surface area contributed by atoms with Gasteiger partial charge in [0, 0.05) is 20.2 Å². The third-order valence-corrected chi connectivity index (χ3v) is 3.59. The van der Waals surface area contributed by atoms with E-state index >= 15 is 0 Å². The highest BCUT2D eigenvalue weighted by molar-refractivity contribution is 5.92. The lowest BCUT2D eigenvalue weighted by molar-refractivity contribution is -0.116. The van der Waals surface area contributed by atoms with Crippen LogP contribution < -0.4 is 31.9 Å². The van der Waals surface area contributed by atoms with Crippen molar-refractivity contribution in [3.8, 4) is 11.5 Å². The lowest BCUT2D eigenvalue weighted by atomic mass is 10.2. The summed E-state index contributed by atoms with van der Waals surface area (Å²) in [4.78, 5) is 48.1. The predicted octanol–water partition coefficient (Wildman–Crippen LogP) is -1.10. The number of anilines is 1. The van der Waals surface area contributed by atoms with Crippen LogP contribution in [0.4, 0.5) is 5.69 Å². The van der Waals surface area contributed by atoms with E-state index in [1.807, 2.05) is 0 Å². The average Bonchev–Trinajstić information content (AvgIpc) is 2.61. The molecule has 1 heterocycles. The standard InChI is InChI=1S/C15H18N4O6/c1-17-13(21)18(2)15(23)19(14(17)22)8-12(20)16-10-7-9(24-3)5-6-11(10)25-4/h5-7H,8H2,1-4H3,(H,16,20). The maximum absolute atomic E-state index is 12.3. The van der Waals surface area contributed by atoms with E-state index < -0.39 is 29.5 Å². The third kappa shape index (κ3) is 3.47. The molecule has 10 nitrogen and oxygen atoms in total. The second-order valence-corrected chi connectivity index (χ2v) is 5.17. The number of nitrogens with zero attached hydrogens (tertiary/aromatic N) is 3. The molecule has 0 saturated carbocycles. The number of hydrogen-bond donors (Lipinski definition) is 1. The summed E-state index contributed by atoms with van der Waals surface area (Å²) in [6.45, 7) is -0.556. The average molecular weight is 350 g/mol. The Morgan fingerprint density at radius 3 is 2.12 bits per heavy atom. The van der Waals surface area contributed by atoms with E-state index in [2.05, 4.69) is 5.32 Å². The molecule has 0 saturated heterocycles. The van der Waals surface area contributed by atoms with E-state index in [1.54, 1.807) is 18.2 Å². The molecule has 0 aliphatic heterocycles. The fraction of sp³-hybridized carbons (Fsp3) is 0.333. The summed E-state index contributed by atoms with van der Waals surface area (Å²) in [7, 11) is 5.36. The second-order valence-electron chi connectivity index (χ2n) is 5.17. The molecule has 25 heavy (non-hydrogen) atoms. The first-order valence-corrected chi connectivity index (χ1v) is 7.19. The Morgan fingerprint density at radius 2 is 1.60 bits per heavy atom. The van der Waals surface area contributed by atoms with Gasteiger partial charge in [-0.25, -0.2) is 28.1 Å². The molecule has 0 aliphatic carbocycles. The molecule has 10 heteroatoms. The van der Waals surface area contributed by atoms with E-state index in [4.69, 9.17) is 9.47 Å². The minimum absolute atomic E-state index is 0.321. The van der Waals surface area contributed by atoms with Gasteiger partial charge < -0.3 is 14.8 Å². The third-order valence-electron chi connectivity index (χ3n) is 3.59. The first kappa shape index (κ1) is 18.0. The molecule has 0 bridgehead atoms. The number of carbonyl (C=O) groups excluding carboxylic acids is 1. The zero-order valence-electron chi connectivity index (χ0n) is 14.2. The van der Waals surface area contributed by atoms with Crippen LogP contribution in [0, 0.1) is 0 Å². The number of amides is 1. The van der Waals surface area contributed by atoms with E-state index in [0.29, 0.717) is 21.8 Å². The van der Waals surface area contributed by atoms with Gasteiger partial charge in [0.15, 0.2) is 0 Å². The Labute approximate surface area is 141 Å². The zero-order valence-corrected chi connectivity index (χ0v) is 14.2. The van der Waals surface area contributed by atoms with Crippen LogP contribution in [0.15, 0.2) is 32.6 Å². The van der Waals surface area contributed by atoms with Crippen LogP contribution in [0.5, 0.6) is 11.5 Å². The lowest BCUT2D eigenvalue weighted by Gasteiger charge is -2.13. The highest BCUT2D eigenvalue weighted by atomic mass is 16.5. The fourth-order valence-corrected chi connectivity index (χ4v) is 2.21. The molecule has 2 rings (SSSR count). The molecule has 0 spiro atoms. The highest BCUT2D eigenvalue weighted by Gasteiger charge is 2.15. The van der Waals surface area contributed by atoms with Crippen LogP contribution in [0.25, 0.3) is 0 Å². The second kappa shape index (κ2) is 7.07. The van der Waals surface area contributed by atoms with Gasteiger partial charge in [-0.15, -0.1) is 0 Å². The first-order chi connectivity index (χ1) is 11.8. The predicted molar refractivity (Wildman–Crippen MR) is 89.4 cm³/mol. The molecule has 0 radical (unpaired) electrons. The highest BCUT2D eigenvalue weighted by Crippen LogP contribution is 2.28.